The molecule has 24 heavy (non-hydrogen) atoms. The maximum atomic E-state index is 12.2. The van der Waals surface area contributed by atoms with Crippen LogP contribution in [0, 0.1) is 18.3 Å². The van der Waals surface area contributed by atoms with E-state index >= 15 is 0 Å². The van der Waals surface area contributed by atoms with Gasteiger partial charge in [-0.1, -0.05) is 29.8 Å². The van der Waals surface area contributed by atoms with Crippen LogP contribution in [0.2, 0.25) is 0 Å². The van der Waals surface area contributed by atoms with Gasteiger partial charge >= 0.3 is 0 Å². The van der Waals surface area contributed by atoms with E-state index in [4.69, 9.17) is 0 Å². The standard InChI is InChI=1S/C19H17N3O2/c1-13-3-5-15(6-4-13)11-16(12-20)19(24)22-18-9-7-17(8-10-18)21-14(2)23/h3-11H,1-2H3,(H,21,23)(H,22,24)/b16-11+. The fourth-order valence-corrected chi connectivity index (χ4v) is 2.02. The number of hydrogen-bond acceptors (Lipinski definition) is 3. The van der Waals surface area contributed by atoms with E-state index in [-0.39, 0.29) is 11.5 Å². The Labute approximate surface area is 140 Å². The third-order valence-corrected chi connectivity index (χ3v) is 3.22. The molecule has 2 aromatic rings. The normalized spacial score (nSPS) is 10.6. The molecule has 0 atom stereocenters. The number of anilines is 2. The minimum absolute atomic E-state index is 0.0183. The van der Waals surface area contributed by atoms with Crippen molar-refractivity contribution in [2.24, 2.45) is 0 Å². The lowest BCUT2D eigenvalue weighted by Crippen LogP contribution is -2.13. The fourth-order valence-electron chi connectivity index (χ4n) is 2.02. The van der Waals surface area contributed by atoms with Crippen LogP contribution >= 0.6 is 0 Å². The molecule has 2 aromatic carbocycles. The molecular weight excluding hydrogens is 302 g/mol. The maximum absolute atomic E-state index is 12.2. The molecule has 120 valence electrons. The monoisotopic (exact) mass is 319 g/mol. The highest BCUT2D eigenvalue weighted by molar-refractivity contribution is 6.09. The van der Waals surface area contributed by atoms with Gasteiger partial charge in [0.1, 0.15) is 11.6 Å². The summed E-state index contributed by atoms with van der Waals surface area (Å²) in [6.45, 7) is 3.39. The van der Waals surface area contributed by atoms with E-state index in [0.717, 1.165) is 11.1 Å². The molecule has 0 fully saturated rings. The van der Waals surface area contributed by atoms with Crippen molar-refractivity contribution < 1.29 is 9.59 Å². The number of hydrogen-bond donors (Lipinski definition) is 2. The summed E-state index contributed by atoms with van der Waals surface area (Å²) in [5.74, 6) is -0.648. The molecule has 2 amide bonds. The second-order valence-corrected chi connectivity index (χ2v) is 5.29. The molecule has 0 saturated carbocycles. The highest BCUT2D eigenvalue weighted by Gasteiger charge is 2.09. The molecule has 0 radical (unpaired) electrons. The van der Waals surface area contributed by atoms with E-state index in [1.54, 1.807) is 30.3 Å². The lowest BCUT2D eigenvalue weighted by atomic mass is 10.1. The minimum atomic E-state index is -0.481. The zero-order valence-corrected chi connectivity index (χ0v) is 13.5. The number of nitrogens with zero attached hydrogens (tertiary/aromatic N) is 1. The number of carbonyl (C=O) groups excluding carboxylic acids is 2. The number of rotatable bonds is 4. The fraction of sp³-hybridized carbons (Fsp3) is 0.105. The molecule has 5 nitrogen and oxygen atoms in total. The van der Waals surface area contributed by atoms with Crippen LogP contribution < -0.4 is 10.6 Å². The van der Waals surface area contributed by atoms with Crippen molar-refractivity contribution >= 4 is 29.3 Å². The second-order valence-electron chi connectivity index (χ2n) is 5.29. The molecule has 0 aliphatic heterocycles. The number of nitriles is 1. The molecule has 0 saturated heterocycles. The summed E-state index contributed by atoms with van der Waals surface area (Å²) >= 11 is 0. The quantitative estimate of drug-likeness (QED) is 0.668. The molecular formula is C19H17N3O2. The van der Waals surface area contributed by atoms with Gasteiger partial charge < -0.3 is 10.6 Å². The lowest BCUT2D eigenvalue weighted by Gasteiger charge is -2.06. The zero-order valence-electron chi connectivity index (χ0n) is 13.5. The van der Waals surface area contributed by atoms with Gasteiger partial charge in [-0.3, -0.25) is 9.59 Å². The van der Waals surface area contributed by atoms with E-state index in [9.17, 15) is 14.9 Å². The summed E-state index contributed by atoms with van der Waals surface area (Å²) < 4.78 is 0. The third kappa shape index (κ3) is 4.82. The predicted octanol–water partition coefficient (Wildman–Crippen LogP) is 3.50. The molecule has 0 heterocycles. The van der Waals surface area contributed by atoms with Crippen molar-refractivity contribution in [2.45, 2.75) is 13.8 Å². The molecule has 2 N–H and O–H groups in total. The van der Waals surface area contributed by atoms with Gasteiger partial charge in [0.15, 0.2) is 0 Å². The second kappa shape index (κ2) is 7.75. The van der Waals surface area contributed by atoms with Crippen LogP contribution in [-0.4, -0.2) is 11.8 Å². The Hall–Kier alpha value is -3.39. The van der Waals surface area contributed by atoms with E-state index < -0.39 is 5.91 Å². The van der Waals surface area contributed by atoms with Gasteiger partial charge in [-0.15, -0.1) is 0 Å². The Kier molecular flexibility index (Phi) is 5.48. The Morgan fingerprint density at radius 2 is 1.50 bits per heavy atom. The summed E-state index contributed by atoms with van der Waals surface area (Å²) in [4.78, 5) is 23.2. The number of benzene rings is 2. The van der Waals surface area contributed by atoms with Gasteiger partial charge in [0.05, 0.1) is 0 Å². The number of nitrogens with one attached hydrogen (secondary N) is 2. The average Bonchev–Trinajstić information content (AvgIpc) is 2.55. The van der Waals surface area contributed by atoms with Crippen LogP contribution in [0.5, 0.6) is 0 Å². The first-order valence-corrected chi connectivity index (χ1v) is 7.35. The van der Waals surface area contributed by atoms with Crippen LogP contribution in [0.1, 0.15) is 18.1 Å². The first-order valence-electron chi connectivity index (χ1n) is 7.35. The van der Waals surface area contributed by atoms with Gasteiger partial charge in [-0.05, 0) is 42.8 Å². The molecule has 0 spiro atoms. The summed E-state index contributed by atoms with van der Waals surface area (Å²) in [7, 11) is 0. The van der Waals surface area contributed by atoms with E-state index in [2.05, 4.69) is 10.6 Å². The van der Waals surface area contributed by atoms with Crippen LogP contribution in [0.3, 0.4) is 0 Å². The molecule has 0 aromatic heterocycles. The Balaban J connectivity index is 2.10. The van der Waals surface area contributed by atoms with Crippen molar-refractivity contribution in [1.82, 2.24) is 0 Å². The van der Waals surface area contributed by atoms with Gasteiger partial charge in [0, 0.05) is 18.3 Å². The van der Waals surface area contributed by atoms with Gasteiger partial charge in [0.25, 0.3) is 5.91 Å². The van der Waals surface area contributed by atoms with Gasteiger partial charge in [-0.25, -0.2) is 0 Å². The van der Waals surface area contributed by atoms with Crippen LogP contribution in [-0.2, 0) is 9.59 Å². The Morgan fingerprint density at radius 3 is 2.00 bits per heavy atom. The predicted molar refractivity (Wildman–Crippen MR) is 94.1 cm³/mol. The zero-order chi connectivity index (χ0) is 17.5. The minimum Gasteiger partial charge on any atom is -0.326 e. The van der Waals surface area contributed by atoms with Crippen molar-refractivity contribution in [2.75, 3.05) is 10.6 Å². The lowest BCUT2D eigenvalue weighted by molar-refractivity contribution is -0.114. The number of amides is 2. The summed E-state index contributed by atoms with van der Waals surface area (Å²) in [6, 6.07) is 16.1. The first kappa shape index (κ1) is 17.0. The van der Waals surface area contributed by atoms with Gasteiger partial charge in [-0.2, -0.15) is 5.26 Å². The highest BCUT2D eigenvalue weighted by atomic mass is 16.2. The Morgan fingerprint density at radius 1 is 0.958 bits per heavy atom. The number of carbonyl (C=O) groups is 2. The SMILES string of the molecule is CC(=O)Nc1ccc(NC(=O)/C(C#N)=C/c2ccc(C)cc2)cc1. The Bertz CT molecular complexity index is 813. The smallest absolute Gasteiger partial charge is 0.266 e. The van der Waals surface area contributed by atoms with Crippen LogP contribution in [0.25, 0.3) is 6.08 Å². The summed E-state index contributed by atoms with van der Waals surface area (Å²) in [5, 5.41) is 14.5. The summed E-state index contributed by atoms with van der Waals surface area (Å²) in [5.41, 5.74) is 3.09. The molecule has 2 rings (SSSR count). The first-order chi connectivity index (χ1) is 11.5. The third-order valence-electron chi connectivity index (χ3n) is 3.22. The summed E-state index contributed by atoms with van der Waals surface area (Å²) in [6.07, 6.45) is 1.54. The van der Waals surface area contributed by atoms with E-state index in [1.807, 2.05) is 37.3 Å². The number of aryl methyl sites for hydroxylation is 1. The van der Waals surface area contributed by atoms with Crippen molar-refractivity contribution in [3.8, 4) is 6.07 Å². The van der Waals surface area contributed by atoms with Crippen molar-refractivity contribution in [3.05, 3.63) is 65.2 Å². The van der Waals surface area contributed by atoms with E-state index in [0.29, 0.717) is 11.4 Å². The molecule has 0 bridgehead atoms. The van der Waals surface area contributed by atoms with Crippen molar-refractivity contribution in [1.29, 1.82) is 5.26 Å². The average molecular weight is 319 g/mol. The van der Waals surface area contributed by atoms with Gasteiger partial charge in [0.2, 0.25) is 5.91 Å². The molecule has 0 aliphatic carbocycles. The van der Waals surface area contributed by atoms with Crippen LogP contribution in [0.4, 0.5) is 11.4 Å². The highest BCUT2D eigenvalue weighted by Crippen LogP contribution is 2.15. The largest absolute Gasteiger partial charge is 0.326 e. The molecule has 5 heteroatoms. The molecule has 0 aliphatic rings. The van der Waals surface area contributed by atoms with E-state index in [1.165, 1.54) is 6.92 Å². The molecule has 0 unspecified atom stereocenters. The maximum Gasteiger partial charge on any atom is 0.266 e. The topological polar surface area (TPSA) is 82.0 Å². The van der Waals surface area contributed by atoms with Crippen LogP contribution in [0.15, 0.2) is 54.1 Å². The van der Waals surface area contributed by atoms with Crippen molar-refractivity contribution in [3.63, 3.8) is 0 Å².